The molecule has 0 aromatic rings. The van der Waals surface area contributed by atoms with Crippen LogP contribution in [0, 0.1) is 0 Å². The van der Waals surface area contributed by atoms with Crippen LogP contribution in [0.25, 0.3) is 0 Å². The van der Waals surface area contributed by atoms with E-state index >= 15 is 0 Å². The zero-order chi connectivity index (χ0) is 16.4. The fourth-order valence-electron chi connectivity index (χ4n) is 3.96. The molecule has 0 aromatic heterocycles. The maximum absolute atomic E-state index is 5.86. The summed E-state index contributed by atoms with van der Waals surface area (Å²) in [6.45, 7) is 3.02. The lowest BCUT2D eigenvalue weighted by Crippen LogP contribution is -2.45. The van der Waals surface area contributed by atoms with Gasteiger partial charge in [0, 0.05) is 35.1 Å². The molecule has 0 saturated carbocycles. The van der Waals surface area contributed by atoms with Gasteiger partial charge in [-0.3, -0.25) is 0 Å². The van der Waals surface area contributed by atoms with Crippen LogP contribution in [0.3, 0.4) is 0 Å². The standard InChI is InChI=1S/C21H27OS2/c1-2-15-22-16-11-13-17(14-12-16)24-20-9-5-3-7-18(20)23-19-8-4-6-10-21(19)24/h3,5-7,10-11,13,19-21H,2,4,8-9,12,14-15H2,1H3/q+1. The molecule has 3 aliphatic carbocycles. The maximum atomic E-state index is 5.86. The maximum Gasteiger partial charge on any atom is 0.158 e. The van der Waals surface area contributed by atoms with Crippen LogP contribution in [-0.4, -0.2) is 22.4 Å². The van der Waals surface area contributed by atoms with E-state index < -0.39 is 0 Å². The largest absolute Gasteiger partial charge is 0.498 e. The summed E-state index contributed by atoms with van der Waals surface area (Å²) < 4.78 is 5.86. The van der Waals surface area contributed by atoms with Crippen molar-refractivity contribution in [3.63, 3.8) is 0 Å². The molecule has 4 unspecified atom stereocenters. The number of fused-ring (bicyclic) bond motifs is 2. The van der Waals surface area contributed by atoms with E-state index in [0.717, 1.165) is 35.2 Å². The van der Waals surface area contributed by atoms with Crippen molar-refractivity contribution in [2.45, 2.75) is 61.2 Å². The second kappa shape index (κ2) is 7.61. The van der Waals surface area contributed by atoms with Crippen LogP contribution >= 0.6 is 11.8 Å². The van der Waals surface area contributed by atoms with E-state index in [1.165, 1.54) is 31.4 Å². The van der Waals surface area contributed by atoms with E-state index in [-0.39, 0.29) is 0 Å². The fraction of sp³-hybridized carbons (Fsp3) is 0.524. The predicted molar refractivity (Wildman–Crippen MR) is 108 cm³/mol. The summed E-state index contributed by atoms with van der Waals surface area (Å²) in [4.78, 5) is 3.34. The highest BCUT2D eigenvalue weighted by molar-refractivity contribution is 8.10. The van der Waals surface area contributed by atoms with Crippen molar-refractivity contribution in [2.24, 2.45) is 0 Å². The van der Waals surface area contributed by atoms with Crippen LogP contribution in [0.5, 0.6) is 0 Å². The topological polar surface area (TPSA) is 9.23 Å². The molecule has 0 N–H and O–H groups in total. The Labute approximate surface area is 153 Å². The SMILES string of the molecule is CCCOC1=CC=C([S+]2C3CC=CC=C3SC3CCC=CC32)CC1. The lowest BCUT2D eigenvalue weighted by molar-refractivity contribution is 0.202. The van der Waals surface area contributed by atoms with Gasteiger partial charge in [0.25, 0.3) is 0 Å². The summed E-state index contributed by atoms with van der Waals surface area (Å²) in [6, 6.07) is 0. The average Bonchev–Trinajstić information content (AvgIpc) is 2.65. The summed E-state index contributed by atoms with van der Waals surface area (Å²) in [5.74, 6) is 1.19. The number of rotatable bonds is 4. The minimum absolute atomic E-state index is 0.349. The quantitative estimate of drug-likeness (QED) is 0.474. The Morgan fingerprint density at radius 3 is 3.00 bits per heavy atom. The van der Waals surface area contributed by atoms with E-state index in [2.05, 4.69) is 61.2 Å². The number of hydrogen-bond acceptors (Lipinski definition) is 2. The summed E-state index contributed by atoms with van der Waals surface area (Å²) >= 11 is 2.18. The lowest BCUT2D eigenvalue weighted by Gasteiger charge is -2.39. The monoisotopic (exact) mass is 359 g/mol. The highest BCUT2D eigenvalue weighted by Crippen LogP contribution is 2.50. The smallest absolute Gasteiger partial charge is 0.158 e. The normalized spacial score (nSPS) is 34.6. The lowest BCUT2D eigenvalue weighted by atomic mass is 10.1. The minimum Gasteiger partial charge on any atom is -0.498 e. The number of hydrogen-bond donors (Lipinski definition) is 0. The van der Waals surface area contributed by atoms with Crippen molar-refractivity contribution in [1.29, 1.82) is 0 Å². The van der Waals surface area contributed by atoms with Gasteiger partial charge in [-0.15, -0.1) is 11.8 Å². The van der Waals surface area contributed by atoms with Crippen molar-refractivity contribution >= 4 is 22.7 Å². The summed E-state index contributed by atoms with van der Waals surface area (Å²) in [6.07, 6.45) is 23.9. The van der Waals surface area contributed by atoms with E-state index in [1.807, 2.05) is 0 Å². The molecule has 1 heterocycles. The molecule has 1 nitrogen and oxygen atoms in total. The van der Waals surface area contributed by atoms with E-state index in [0.29, 0.717) is 10.9 Å². The zero-order valence-corrected chi connectivity index (χ0v) is 16.1. The van der Waals surface area contributed by atoms with E-state index in [1.54, 1.807) is 9.81 Å². The molecule has 0 amide bonds. The molecule has 4 aliphatic rings. The Kier molecular flexibility index (Phi) is 5.28. The summed E-state index contributed by atoms with van der Waals surface area (Å²) in [7, 11) is 0.349. The third-order valence-electron chi connectivity index (χ3n) is 5.13. The van der Waals surface area contributed by atoms with Crippen molar-refractivity contribution in [3.05, 3.63) is 58.1 Å². The van der Waals surface area contributed by atoms with Gasteiger partial charge in [-0.1, -0.05) is 25.2 Å². The predicted octanol–water partition coefficient (Wildman–Crippen LogP) is 5.64. The van der Waals surface area contributed by atoms with Crippen LogP contribution in [0.15, 0.2) is 58.1 Å². The van der Waals surface area contributed by atoms with Gasteiger partial charge in [0.2, 0.25) is 0 Å². The molecule has 128 valence electrons. The summed E-state index contributed by atoms with van der Waals surface area (Å²) in [5, 5.41) is 2.26. The first kappa shape index (κ1) is 16.7. The fourth-order valence-corrected chi connectivity index (χ4v) is 9.24. The third kappa shape index (κ3) is 3.30. The molecule has 0 radical (unpaired) electrons. The van der Waals surface area contributed by atoms with Gasteiger partial charge in [0.1, 0.15) is 4.91 Å². The molecule has 0 bridgehead atoms. The highest BCUT2D eigenvalue weighted by atomic mass is 32.2. The van der Waals surface area contributed by atoms with Gasteiger partial charge in [-0.05, 0) is 43.6 Å². The molecule has 24 heavy (non-hydrogen) atoms. The average molecular weight is 360 g/mol. The number of ether oxygens (including phenoxy) is 1. The molecule has 1 aliphatic heterocycles. The van der Waals surface area contributed by atoms with Gasteiger partial charge in [0.05, 0.1) is 17.6 Å². The minimum atomic E-state index is 0.349. The van der Waals surface area contributed by atoms with Crippen LogP contribution in [0.2, 0.25) is 0 Å². The number of allylic oxidation sites excluding steroid dienone is 8. The molecule has 4 atom stereocenters. The molecule has 4 rings (SSSR count). The Morgan fingerprint density at radius 1 is 1.21 bits per heavy atom. The molecule has 0 aromatic carbocycles. The van der Waals surface area contributed by atoms with Gasteiger partial charge in [0.15, 0.2) is 10.5 Å². The molecular weight excluding hydrogens is 332 g/mol. The van der Waals surface area contributed by atoms with E-state index in [9.17, 15) is 0 Å². The van der Waals surface area contributed by atoms with Crippen LogP contribution in [0.1, 0.15) is 45.4 Å². The first-order valence-corrected chi connectivity index (χ1v) is 11.5. The van der Waals surface area contributed by atoms with Crippen LogP contribution in [0.4, 0.5) is 0 Å². The van der Waals surface area contributed by atoms with Gasteiger partial charge in [-0.2, -0.15) is 0 Å². The Hall–Kier alpha value is -0.800. The highest BCUT2D eigenvalue weighted by Gasteiger charge is 2.51. The Bertz CT molecular complexity index is 624. The molecule has 0 spiro atoms. The Balaban J connectivity index is 1.61. The van der Waals surface area contributed by atoms with Crippen molar-refractivity contribution in [2.75, 3.05) is 6.61 Å². The van der Waals surface area contributed by atoms with Gasteiger partial charge < -0.3 is 4.74 Å². The first-order valence-electron chi connectivity index (χ1n) is 9.31. The van der Waals surface area contributed by atoms with Crippen molar-refractivity contribution in [1.82, 2.24) is 0 Å². The Morgan fingerprint density at radius 2 is 2.17 bits per heavy atom. The second-order valence-corrected chi connectivity index (χ2v) is 10.5. The van der Waals surface area contributed by atoms with Crippen LogP contribution < -0.4 is 0 Å². The van der Waals surface area contributed by atoms with Crippen LogP contribution in [-0.2, 0) is 15.6 Å². The molecule has 1 saturated heterocycles. The van der Waals surface area contributed by atoms with Crippen molar-refractivity contribution < 1.29 is 4.74 Å². The van der Waals surface area contributed by atoms with Gasteiger partial charge >= 0.3 is 0 Å². The van der Waals surface area contributed by atoms with E-state index in [4.69, 9.17) is 4.74 Å². The molecule has 3 heteroatoms. The second-order valence-electron chi connectivity index (χ2n) is 6.83. The third-order valence-corrected chi connectivity index (χ3v) is 10.1. The number of thioether (sulfide) groups is 1. The summed E-state index contributed by atoms with van der Waals surface area (Å²) in [5.41, 5.74) is 0. The first-order chi connectivity index (χ1) is 11.9. The zero-order valence-electron chi connectivity index (χ0n) is 14.4. The van der Waals surface area contributed by atoms with Gasteiger partial charge in [-0.25, -0.2) is 0 Å². The molecular formula is C21H27OS2+. The van der Waals surface area contributed by atoms with Crippen molar-refractivity contribution in [3.8, 4) is 0 Å². The molecule has 1 fully saturated rings.